The average molecular weight is 413 g/mol. The van der Waals surface area contributed by atoms with Crippen LogP contribution >= 0.6 is 11.8 Å². The minimum Gasteiger partial charge on any atom is -0.461 e. The molecule has 2 atom stereocenters. The van der Waals surface area contributed by atoms with Gasteiger partial charge in [-0.05, 0) is 37.5 Å². The minimum absolute atomic E-state index is 0.0284. The van der Waals surface area contributed by atoms with Crippen molar-refractivity contribution in [2.45, 2.75) is 42.8 Å². The highest BCUT2D eigenvalue weighted by atomic mass is 32.2. The Bertz CT molecular complexity index is 921. The molecular weight excluding hydrogens is 388 g/mol. The van der Waals surface area contributed by atoms with E-state index in [0.717, 1.165) is 25.0 Å². The first kappa shape index (κ1) is 19.7. The van der Waals surface area contributed by atoms with Crippen LogP contribution in [0, 0.1) is 0 Å². The monoisotopic (exact) mass is 412 g/mol. The van der Waals surface area contributed by atoms with Gasteiger partial charge in [-0.3, -0.25) is 9.36 Å². The molecule has 0 aliphatic carbocycles. The first-order valence-electron chi connectivity index (χ1n) is 9.77. The van der Waals surface area contributed by atoms with E-state index < -0.39 is 0 Å². The van der Waals surface area contributed by atoms with E-state index in [1.54, 1.807) is 6.26 Å². The molecule has 8 heteroatoms. The Morgan fingerprint density at radius 3 is 2.86 bits per heavy atom. The van der Waals surface area contributed by atoms with Gasteiger partial charge >= 0.3 is 0 Å². The molecule has 152 valence electrons. The maximum Gasteiger partial charge on any atom is 0.233 e. The number of thioether (sulfide) groups is 1. The lowest BCUT2D eigenvalue weighted by Crippen LogP contribution is -2.36. The van der Waals surface area contributed by atoms with Gasteiger partial charge in [-0.1, -0.05) is 42.1 Å². The molecule has 1 saturated heterocycles. The van der Waals surface area contributed by atoms with E-state index in [0.29, 0.717) is 29.8 Å². The second-order valence-corrected chi connectivity index (χ2v) is 8.30. The Morgan fingerprint density at radius 1 is 1.28 bits per heavy atom. The molecule has 0 saturated carbocycles. The van der Waals surface area contributed by atoms with Crippen molar-refractivity contribution in [3.63, 3.8) is 0 Å². The van der Waals surface area contributed by atoms with Crippen molar-refractivity contribution in [2.24, 2.45) is 0 Å². The standard InChI is InChI=1S/C21H24N4O3S/c1-15(20(26)22-13-17-9-5-11-27-17)29-21-24-23-19(18-10-6-12-28-18)25(21)14-16-7-3-2-4-8-16/h2-4,6-8,10,12,15,17H,5,9,11,13-14H2,1H3,(H,22,26). The zero-order chi connectivity index (χ0) is 20.1. The number of amides is 1. The lowest BCUT2D eigenvalue weighted by molar-refractivity contribution is -0.120. The van der Waals surface area contributed by atoms with Gasteiger partial charge in [-0.25, -0.2) is 0 Å². The van der Waals surface area contributed by atoms with Crippen LogP contribution in [-0.4, -0.2) is 45.2 Å². The van der Waals surface area contributed by atoms with Crippen LogP contribution in [0.4, 0.5) is 0 Å². The van der Waals surface area contributed by atoms with Crippen molar-refractivity contribution in [3.05, 3.63) is 54.3 Å². The molecule has 1 aliphatic heterocycles. The average Bonchev–Trinajstić information content (AvgIpc) is 3.50. The maximum atomic E-state index is 12.5. The summed E-state index contributed by atoms with van der Waals surface area (Å²) in [5.41, 5.74) is 1.12. The van der Waals surface area contributed by atoms with Gasteiger partial charge in [0.15, 0.2) is 10.9 Å². The molecule has 1 amide bonds. The normalized spacial score (nSPS) is 17.3. The number of aromatic nitrogens is 3. The number of carbonyl (C=O) groups excluding carboxylic acids is 1. The van der Waals surface area contributed by atoms with E-state index in [1.807, 2.05) is 41.8 Å². The number of hydrogen-bond acceptors (Lipinski definition) is 6. The summed E-state index contributed by atoms with van der Waals surface area (Å²) in [4.78, 5) is 12.5. The van der Waals surface area contributed by atoms with Crippen LogP contribution < -0.4 is 5.32 Å². The molecule has 0 bridgehead atoms. The molecular formula is C21H24N4O3S. The molecule has 3 aromatic rings. The summed E-state index contributed by atoms with van der Waals surface area (Å²) >= 11 is 1.39. The first-order valence-corrected chi connectivity index (χ1v) is 10.7. The number of nitrogens with one attached hydrogen (secondary N) is 1. The molecule has 1 N–H and O–H groups in total. The van der Waals surface area contributed by atoms with Crippen LogP contribution in [0.2, 0.25) is 0 Å². The highest BCUT2D eigenvalue weighted by molar-refractivity contribution is 8.00. The lowest BCUT2D eigenvalue weighted by Gasteiger charge is -2.15. The summed E-state index contributed by atoms with van der Waals surface area (Å²) in [5.74, 6) is 1.27. The Hall–Kier alpha value is -2.58. The zero-order valence-electron chi connectivity index (χ0n) is 16.3. The van der Waals surface area contributed by atoms with Crippen LogP contribution in [-0.2, 0) is 16.1 Å². The van der Waals surface area contributed by atoms with Crippen molar-refractivity contribution < 1.29 is 13.9 Å². The molecule has 29 heavy (non-hydrogen) atoms. The van der Waals surface area contributed by atoms with Crippen molar-refractivity contribution in [3.8, 4) is 11.6 Å². The second-order valence-electron chi connectivity index (χ2n) is 7.00. The highest BCUT2D eigenvalue weighted by Gasteiger charge is 2.23. The fourth-order valence-electron chi connectivity index (χ4n) is 3.25. The summed E-state index contributed by atoms with van der Waals surface area (Å²) < 4.78 is 13.1. The largest absolute Gasteiger partial charge is 0.461 e. The predicted octanol–water partition coefficient (Wildman–Crippen LogP) is 3.36. The van der Waals surface area contributed by atoms with Gasteiger partial charge in [0.05, 0.1) is 24.2 Å². The number of furan rings is 1. The summed E-state index contributed by atoms with van der Waals surface area (Å²) in [5, 5.41) is 12.0. The van der Waals surface area contributed by atoms with E-state index in [1.165, 1.54) is 11.8 Å². The molecule has 2 unspecified atom stereocenters. The fraction of sp³-hybridized carbons (Fsp3) is 0.381. The van der Waals surface area contributed by atoms with Crippen LogP contribution in [0.25, 0.3) is 11.6 Å². The molecule has 7 nitrogen and oxygen atoms in total. The summed E-state index contributed by atoms with van der Waals surface area (Å²) in [6.45, 7) is 3.81. The Balaban J connectivity index is 1.49. The van der Waals surface area contributed by atoms with Crippen molar-refractivity contribution in [1.29, 1.82) is 0 Å². The Labute approximate surface area is 173 Å². The second kappa shape index (κ2) is 9.28. The van der Waals surface area contributed by atoms with Gasteiger partial charge in [-0.2, -0.15) is 0 Å². The predicted molar refractivity (Wildman–Crippen MR) is 111 cm³/mol. The molecule has 4 rings (SSSR count). The van der Waals surface area contributed by atoms with Crippen molar-refractivity contribution in [2.75, 3.05) is 13.2 Å². The lowest BCUT2D eigenvalue weighted by atomic mass is 10.2. The van der Waals surface area contributed by atoms with E-state index in [4.69, 9.17) is 9.15 Å². The van der Waals surface area contributed by atoms with Gasteiger partial charge in [0, 0.05) is 13.2 Å². The van der Waals surface area contributed by atoms with E-state index in [9.17, 15) is 4.79 Å². The van der Waals surface area contributed by atoms with E-state index in [-0.39, 0.29) is 17.3 Å². The van der Waals surface area contributed by atoms with Crippen LogP contribution in [0.5, 0.6) is 0 Å². The zero-order valence-corrected chi connectivity index (χ0v) is 17.1. The number of carbonyl (C=O) groups is 1. The molecule has 1 aromatic carbocycles. The van der Waals surface area contributed by atoms with Gasteiger partial charge in [-0.15, -0.1) is 10.2 Å². The Kier molecular flexibility index (Phi) is 6.31. The molecule has 0 radical (unpaired) electrons. The number of ether oxygens (including phenoxy) is 1. The SMILES string of the molecule is CC(Sc1nnc(-c2ccco2)n1Cc1ccccc1)C(=O)NCC1CCCO1. The molecule has 1 aliphatic rings. The molecule has 2 aromatic heterocycles. The number of nitrogens with zero attached hydrogens (tertiary/aromatic N) is 3. The maximum absolute atomic E-state index is 12.5. The van der Waals surface area contributed by atoms with Crippen molar-refractivity contribution in [1.82, 2.24) is 20.1 Å². The first-order chi connectivity index (χ1) is 14.2. The van der Waals surface area contributed by atoms with Crippen LogP contribution in [0.15, 0.2) is 58.3 Å². The van der Waals surface area contributed by atoms with Gasteiger partial charge in [0.1, 0.15) is 0 Å². The third kappa shape index (κ3) is 4.89. The van der Waals surface area contributed by atoms with Gasteiger partial charge in [0.2, 0.25) is 11.7 Å². The third-order valence-corrected chi connectivity index (χ3v) is 5.90. The summed E-state index contributed by atoms with van der Waals surface area (Å²) in [6, 6.07) is 13.8. The molecule has 1 fully saturated rings. The van der Waals surface area contributed by atoms with E-state index in [2.05, 4.69) is 27.6 Å². The topological polar surface area (TPSA) is 82.2 Å². The molecule has 3 heterocycles. The van der Waals surface area contributed by atoms with Crippen LogP contribution in [0.3, 0.4) is 0 Å². The minimum atomic E-state index is -0.306. The number of benzene rings is 1. The smallest absolute Gasteiger partial charge is 0.233 e. The molecule has 0 spiro atoms. The Morgan fingerprint density at radius 2 is 2.14 bits per heavy atom. The third-order valence-electron chi connectivity index (χ3n) is 4.82. The summed E-state index contributed by atoms with van der Waals surface area (Å²) in [7, 11) is 0. The highest BCUT2D eigenvalue weighted by Crippen LogP contribution is 2.28. The van der Waals surface area contributed by atoms with Crippen molar-refractivity contribution >= 4 is 17.7 Å². The number of hydrogen-bond donors (Lipinski definition) is 1. The number of rotatable bonds is 8. The van der Waals surface area contributed by atoms with Crippen LogP contribution in [0.1, 0.15) is 25.3 Å². The van der Waals surface area contributed by atoms with E-state index >= 15 is 0 Å². The quantitative estimate of drug-likeness (QED) is 0.571. The summed E-state index contributed by atoms with van der Waals surface area (Å²) in [6.07, 6.45) is 3.80. The van der Waals surface area contributed by atoms with Gasteiger partial charge < -0.3 is 14.5 Å². The van der Waals surface area contributed by atoms with Gasteiger partial charge in [0.25, 0.3) is 0 Å². The fourth-order valence-corrected chi connectivity index (χ4v) is 4.12.